The van der Waals surface area contributed by atoms with Gasteiger partial charge in [0.2, 0.25) is 0 Å². The topological polar surface area (TPSA) is 101 Å². The van der Waals surface area contributed by atoms with Crippen molar-refractivity contribution in [2.24, 2.45) is 0 Å². The van der Waals surface area contributed by atoms with E-state index < -0.39 is 5.91 Å². The molecule has 0 bridgehead atoms. The van der Waals surface area contributed by atoms with Crippen LogP contribution in [0.3, 0.4) is 0 Å². The van der Waals surface area contributed by atoms with Gasteiger partial charge >= 0.3 is 0 Å². The van der Waals surface area contributed by atoms with Gasteiger partial charge in [0.15, 0.2) is 0 Å². The van der Waals surface area contributed by atoms with Crippen molar-refractivity contribution in [1.29, 1.82) is 5.41 Å². The van der Waals surface area contributed by atoms with Gasteiger partial charge in [-0.3, -0.25) is 19.4 Å². The van der Waals surface area contributed by atoms with E-state index in [0.717, 1.165) is 24.0 Å². The first kappa shape index (κ1) is 21.1. The van der Waals surface area contributed by atoms with Crippen molar-refractivity contribution in [2.75, 3.05) is 6.61 Å². The van der Waals surface area contributed by atoms with Gasteiger partial charge in [-0.05, 0) is 43.0 Å². The summed E-state index contributed by atoms with van der Waals surface area (Å²) in [5.41, 5.74) is 2.67. The number of carbonyl (C=O) groups is 1. The van der Waals surface area contributed by atoms with Crippen molar-refractivity contribution in [3.8, 4) is 0 Å². The van der Waals surface area contributed by atoms with Crippen molar-refractivity contribution in [3.05, 3.63) is 87.3 Å². The van der Waals surface area contributed by atoms with Crippen LogP contribution in [-0.4, -0.2) is 32.6 Å². The number of carbonyl (C=O) groups excluding carboxylic acids is 1. The Hall–Kier alpha value is -3.78. The zero-order chi connectivity index (χ0) is 22.9. The molecule has 1 aliphatic rings. The Morgan fingerprint density at radius 3 is 2.82 bits per heavy atom. The van der Waals surface area contributed by atoms with E-state index in [1.165, 1.54) is 10.5 Å². The van der Waals surface area contributed by atoms with E-state index in [-0.39, 0.29) is 22.7 Å². The molecule has 4 heterocycles. The minimum atomic E-state index is -0.402. The number of aromatic nitrogens is 3. The Kier molecular flexibility index (Phi) is 5.51. The van der Waals surface area contributed by atoms with E-state index >= 15 is 0 Å². The van der Waals surface area contributed by atoms with E-state index in [9.17, 15) is 9.59 Å². The molecule has 1 fully saturated rings. The molecule has 1 atom stereocenters. The molecule has 2 N–H and O–H groups in total. The first-order valence-corrected chi connectivity index (χ1v) is 11.1. The lowest BCUT2D eigenvalue weighted by Crippen LogP contribution is -2.36. The van der Waals surface area contributed by atoms with Crippen LogP contribution in [0, 0.1) is 12.3 Å². The monoisotopic (exact) mass is 443 g/mol. The van der Waals surface area contributed by atoms with Crippen molar-refractivity contribution in [1.82, 2.24) is 19.3 Å². The lowest BCUT2D eigenvalue weighted by molar-refractivity contribution is 0.0931. The van der Waals surface area contributed by atoms with Gasteiger partial charge in [0, 0.05) is 19.3 Å². The number of benzene rings is 1. The number of amides is 1. The fourth-order valence-corrected chi connectivity index (χ4v) is 4.26. The maximum absolute atomic E-state index is 13.4. The fraction of sp³-hybridized carbons (Fsp3) is 0.280. The Labute approximate surface area is 190 Å². The second-order valence-corrected chi connectivity index (χ2v) is 8.41. The molecule has 168 valence electrons. The Balaban J connectivity index is 1.65. The highest BCUT2D eigenvalue weighted by molar-refractivity contribution is 5.96. The Morgan fingerprint density at radius 1 is 1.24 bits per heavy atom. The maximum Gasteiger partial charge on any atom is 0.267 e. The van der Waals surface area contributed by atoms with Crippen LogP contribution in [0.25, 0.3) is 16.7 Å². The molecule has 3 aromatic heterocycles. The normalized spacial score (nSPS) is 15.8. The fourth-order valence-electron chi connectivity index (χ4n) is 4.26. The summed E-state index contributed by atoms with van der Waals surface area (Å²) in [6, 6.07) is 14.7. The summed E-state index contributed by atoms with van der Waals surface area (Å²) in [5, 5.41) is 12.0. The Bertz CT molecular complexity index is 1470. The van der Waals surface area contributed by atoms with Gasteiger partial charge in [0.1, 0.15) is 16.8 Å². The molecule has 0 saturated carbocycles. The number of hydrogen-bond acceptors (Lipinski definition) is 5. The molecular weight excluding hydrogens is 418 g/mol. The number of rotatable bonds is 5. The zero-order valence-corrected chi connectivity index (χ0v) is 18.4. The quantitative estimate of drug-likeness (QED) is 0.463. The van der Waals surface area contributed by atoms with Crippen LogP contribution >= 0.6 is 0 Å². The second-order valence-electron chi connectivity index (χ2n) is 8.41. The van der Waals surface area contributed by atoms with Crippen LogP contribution < -0.4 is 16.4 Å². The van der Waals surface area contributed by atoms with E-state index in [1.807, 2.05) is 43.3 Å². The molecular formula is C25H25N5O3. The van der Waals surface area contributed by atoms with E-state index in [0.29, 0.717) is 36.4 Å². The number of hydrogen-bond donors (Lipinski definition) is 2. The lowest BCUT2D eigenvalue weighted by Gasteiger charge is -2.17. The summed E-state index contributed by atoms with van der Waals surface area (Å²) in [6.45, 7) is 3.27. The number of pyridine rings is 2. The number of nitrogens with one attached hydrogen (secondary N) is 2. The zero-order valence-electron chi connectivity index (χ0n) is 18.4. The minimum Gasteiger partial charge on any atom is -0.376 e. The summed E-state index contributed by atoms with van der Waals surface area (Å²) in [7, 11) is 0. The van der Waals surface area contributed by atoms with Crippen molar-refractivity contribution >= 4 is 22.6 Å². The SMILES string of the molecule is Cc1ccc2nc3c(cc(C(=O)NCc4ccccc4)c(=N)n3C[C@H]3CCCO3)c(=O)n2c1. The minimum absolute atomic E-state index is 0.0203. The molecule has 1 amide bonds. The molecule has 5 rings (SSSR count). The average Bonchev–Trinajstić information content (AvgIpc) is 3.34. The van der Waals surface area contributed by atoms with E-state index in [1.54, 1.807) is 16.8 Å². The highest BCUT2D eigenvalue weighted by atomic mass is 16.5. The average molecular weight is 444 g/mol. The first-order chi connectivity index (χ1) is 16.0. The molecule has 1 saturated heterocycles. The molecule has 8 heteroatoms. The highest BCUT2D eigenvalue weighted by Gasteiger charge is 2.22. The molecule has 1 aliphatic heterocycles. The number of nitrogens with zero attached hydrogens (tertiary/aromatic N) is 3. The van der Waals surface area contributed by atoms with E-state index in [4.69, 9.17) is 15.1 Å². The van der Waals surface area contributed by atoms with Gasteiger partial charge in [-0.2, -0.15) is 0 Å². The van der Waals surface area contributed by atoms with Crippen LogP contribution in [0.4, 0.5) is 0 Å². The van der Waals surface area contributed by atoms with Crippen molar-refractivity contribution < 1.29 is 9.53 Å². The number of aryl methyl sites for hydroxylation is 1. The number of ether oxygens (including phenoxy) is 1. The van der Waals surface area contributed by atoms with Crippen molar-refractivity contribution in [3.63, 3.8) is 0 Å². The maximum atomic E-state index is 13.4. The standard InChI is InChI=1S/C25H25N5O3/c1-16-9-10-21-28-23-20(25(32)29(21)14-16)12-19(22(26)30(23)15-18-8-5-11-33-18)24(31)27-13-17-6-3-2-4-7-17/h2-4,6-7,9-10,12,14,18,26H,5,8,11,13,15H2,1H3,(H,27,31)/t18-/m1/s1. The van der Waals surface area contributed by atoms with Crippen molar-refractivity contribution in [2.45, 2.75) is 39.0 Å². The third-order valence-corrected chi connectivity index (χ3v) is 6.01. The van der Waals surface area contributed by atoms with Gasteiger partial charge in [-0.15, -0.1) is 0 Å². The molecule has 0 spiro atoms. The van der Waals surface area contributed by atoms with Gasteiger partial charge in [0.05, 0.1) is 23.6 Å². The van der Waals surface area contributed by atoms with Gasteiger partial charge in [-0.1, -0.05) is 36.4 Å². The van der Waals surface area contributed by atoms with Gasteiger partial charge < -0.3 is 14.6 Å². The smallest absolute Gasteiger partial charge is 0.267 e. The van der Waals surface area contributed by atoms with Gasteiger partial charge in [0.25, 0.3) is 11.5 Å². The molecule has 0 unspecified atom stereocenters. The molecule has 8 nitrogen and oxygen atoms in total. The summed E-state index contributed by atoms with van der Waals surface area (Å²) in [4.78, 5) is 31.2. The third-order valence-electron chi connectivity index (χ3n) is 6.01. The predicted octanol–water partition coefficient (Wildman–Crippen LogP) is 2.55. The van der Waals surface area contributed by atoms with Gasteiger partial charge in [-0.25, -0.2) is 4.98 Å². The van der Waals surface area contributed by atoms with Crippen LogP contribution in [-0.2, 0) is 17.8 Å². The molecule has 0 aliphatic carbocycles. The van der Waals surface area contributed by atoms with Crippen LogP contribution in [0.2, 0.25) is 0 Å². The molecule has 33 heavy (non-hydrogen) atoms. The third kappa shape index (κ3) is 4.05. The largest absolute Gasteiger partial charge is 0.376 e. The Morgan fingerprint density at radius 2 is 2.06 bits per heavy atom. The molecule has 4 aromatic rings. The summed E-state index contributed by atoms with van der Waals surface area (Å²) in [5.74, 6) is -0.402. The highest BCUT2D eigenvalue weighted by Crippen LogP contribution is 2.17. The lowest BCUT2D eigenvalue weighted by atomic mass is 10.1. The van der Waals surface area contributed by atoms with E-state index in [2.05, 4.69) is 5.32 Å². The van der Waals surface area contributed by atoms with Crippen LogP contribution in [0.5, 0.6) is 0 Å². The second kappa shape index (κ2) is 8.63. The summed E-state index contributed by atoms with van der Waals surface area (Å²) in [6.07, 6.45) is 3.47. The molecule has 1 aromatic carbocycles. The number of fused-ring (bicyclic) bond motifs is 2. The van der Waals surface area contributed by atoms with Crippen LogP contribution in [0.15, 0.2) is 59.5 Å². The molecule has 0 radical (unpaired) electrons. The predicted molar refractivity (Wildman–Crippen MR) is 124 cm³/mol. The van der Waals surface area contributed by atoms with Crippen LogP contribution in [0.1, 0.15) is 34.3 Å². The summed E-state index contributed by atoms with van der Waals surface area (Å²) < 4.78 is 8.92. The summed E-state index contributed by atoms with van der Waals surface area (Å²) >= 11 is 0. The first-order valence-electron chi connectivity index (χ1n) is 11.1.